The molecule has 0 bridgehead atoms. The van der Waals surface area contributed by atoms with E-state index in [2.05, 4.69) is 25.7 Å². The molecule has 5 rings (SSSR count). The quantitative estimate of drug-likeness (QED) is 0.550. The normalized spacial score (nSPS) is 28.2. The summed E-state index contributed by atoms with van der Waals surface area (Å²) in [5, 5.41) is 3.55. The van der Waals surface area contributed by atoms with Crippen LogP contribution in [0, 0.1) is 17.8 Å². The summed E-state index contributed by atoms with van der Waals surface area (Å²) in [6.45, 7) is 8.58. The van der Waals surface area contributed by atoms with Crippen molar-refractivity contribution in [3.8, 4) is 0 Å². The van der Waals surface area contributed by atoms with Gasteiger partial charge in [0.2, 0.25) is 11.8 Å². The molecular formula is C27H29N3O3. The number of rotatable bonds is 6. The number of hydrogen-bond donors (Lipinski definition) is 1. The zero-order valence-corrected chi connectivity index (χ0v) is 19.0. The Kier molecular flexibility index (Phi) is 5.20. The third-order valence-electron chi connectivity index (χ3n) is 7.18. The molecule has 0 aromatic heterocycles. The van der Waals surface area contributed by atoms with Crippen LogP contribution in [0.5, 0.6) is 0 Å². The molecule has 2 aromatic carbocycles. The van der Waals surface area contributed by atoms with Crippen LogP contribution in [0.2, 0.25) is 0 Å². The monoisotopic (exact) mass is 443 g/mol. The lowest BCUT2D eigenvalue weighted by Gasteiger charge is -2.31. The summed E-state index contributed by atoms with van der Waals surface area (Å²) in [4.78, 5) is 44.6. The molecule has 2 aromatic rings. The number of carbonyl (C=O) groups is 3. The fourth-order valence-electron chi connectivity index (χ4n) is 5.95. The summed E-state index contributed by atoms with van der Waals surface area (Å²) in [6.07, 6.45) is 2.40. The smallest absolute Gasteiger partial charge is 0.253 e. The van der Waals surface area contributed by atoms with Gasteiger partial charge in [-0.2, -0.15) is 0 Å². The molecule has 0 saturated carbocycles. The lowest BCUT2D eigenvalue weighted by atomic mass is 9.76. The molecule has 0 aliphatic carbocycles. The fraction of sp³-hybridized carbons (Fsp3) is 0.370. The highest BCUT2D eigenvalue weighted by atomic mass is 16.2. The standard InChI is InChI=1S/C27H29N3O3/c1-4-14-29-21-13-9-8-12-19(21)27(26(29)33)23-22(20(28-27)15-17(2)3)24(31)30(25(23)32)16-18-10-6-5-7-11-18/h4-13,17,20,22-23,28H,1,14-16H2,2-3H3/t20-,22+,23-,27-/m0/s1. The van der Waals surface area contributed by atoms with E-state index in [0.29, 0.717) is 18.9 Å². The molecule has 170 valence electrons. The molecule has 2 fully saturated rings. The van der Waals surface area contributed by atoms with E-state index in [1.807, 2.05) is 54.6 Å². The summed E-state index contributed by atoms with van der Waals surface area (Å²) >= 11 is 0. The van der Waals surface area contributed by atoms with Crippen molar-refractivity contribution < 1.29 is 14.4 Å². The molecule has 3 aliphatic rings. The van der Waals surface area contributed by atoms with Crippen LogP contribution in [0.4, 0.5) is 5.69 Å². The third kappa shape index (κ3) is 3.08. The number of benzene rings is 2. The van der Waals surface area contributed by atoms with E-state index in [-0.39, 0.29) is 30.3 Å². The van der Waals surface area contributed by atoms with Gasteiger partial charge in [0.15, 0.2) is 0 Å². The zero-order chi connectivity index (χ0) is 23.3. The second kappa shape index (κ2) is 7.96. The van der Waals surface area contributed by atoms with E-state index in [1.54, 1.807) is 11.0 Å². The van der Waals surface area contributed by atoms with E-state index in [9.17, 15) is 14.4 Å². The van der Waals surface area contributed by atoms with Crippen LogP contribution in [0.15, 0.2) is 67.3 Å². The predicted octanol–water partition coefficient (Wildman–Crippen LogP) is 3.23. The van der Waals surface area contributed by atoms with Crippen molar-refractivity contribution >= 4 is 23.4 Å². The molecule has 3 heterocycles. The summed E-state index contributed by atoms with van der Waals surface area (Å²) in [6, 6.07) is 16.9. The number of nitrogens with zero attached hydrogens (tertiary/aromatic N) is 2. The van der Waals surface area contributed by atoms with Crippen molar-refractivity contribution in [1.82, 2.24) is 10.2 Å². The number of anilines is 1. The molecular weight excluding hydrogens is 414 g/mol. The lowest BCUT2D eigenvalue weighted by Crippen LogP contribution is -2.55. The molecule has 0 radical (unpaired) electrons. The topological polar surface area (TPSA) is 69.7 Å². The molecule has 4 atom stereocenters. The molecule has 3 amide bonds. The van der Waals surface area contributed by atoms with Crippen molar-refractivity contribution in [2.24, 2.45) is 17.8 Å². The van der Waals surface area contributed by atoms with Gasteiger partial charge in [0.1, 0.15) is 5.54 Å². The van der Waals surface area contributed by atoms with Crippen LogP contribution in [0.25, 0.3) is 0 Å². The van der Waals surface area contributed by atoms with Crippen LogP contribution in [-0.4, -0.2) is 35.2 Å². The van der Waals surface area contributed by atoms with Gasteiger partial charge in [-0.05, 0) is 24.0 Å². The van der Waals surface area contributed by atoms with Crippen LogP contribution in [-0.2, 0) is 26.5 Å². The first-order valence-corrected chi connectivity index (χ1v) is 11.6. The summed E-state index contributed by atoms with van der Waals surface area (Å²) in [5.41, 5.74) is 1.22. The molecule has 6 heteroatoms. The Bertz CT molecular complexity index is 1130. The minimum absolute atomic E-state index is 0.174. The van der Waals surface area contributed by atoms with Gasteiger partial charge >= 0.3 is 0 Å². The second-order valence-corrected chi connectivity index (χ2v) is 9.66. The Morgan fingerprint density at radius 3 is 2.39 bits per heavy atom. The Morgan fingerprint density at radius 2 is 1.70 bits per heavy atom. The van der Waals surface area contributed by atoms with Gasteiger partial charge in [-0.25, -0.2) is 0 Å². The van der Waals surface area contributed by atoms with Gasteiger partial charge in [0.25, 0.3) is 5.91 Å². The molecule has 1 spiro atoms. The van der Waals surface area contributed by atoms with Crippen LogP contribution < -0.4 is 10.2 Å². The first-order chi connectivity index (χ1) is 15.9. The van der Waals surface area contributed by atoms with E-state index in [4.69, 9.17) is 0 Å². The van der Waals surface area contributed by atoms with Gasteiger partial charge in [0, 0.05) is 23.8 Å². The Labute approximate surface area is 194 Å². The predicted molar refractivity (Wildman–Crippen MR) is 126 cm³/mol. The van der Waals surface area contributed by atoms with E-state index >= 15 is 0 Å². The molecule has 2 saturated heterocycles. The third-order valence-corrected chi connectivity index (χ3v) is 7.18. The van der Waals surface area contributed by atoms with E-state index in [1.165, 1.54) is 4.90 Å². The second-order valence-electron chi connectivity index (χ2n) is 9.66. The first kappa shape index (κ1) is 21.6. The molecule has 33 heavy (non-hydrogen) atoms. The highest BCUT2D eigenvalue weighted by Crippen LogP contribution is 2.55. The van der Waals surface area contributed by atoms with Gasteiger partial charge in [0.05, 0.1) is 18.4 Å². The van der Waals surface area contributed by atoms with Gasteiger partial charge in [-0.1, -0.05) is 68.5 Å². The SMILES string of the molecule is C=CCN1C(=O)[C@]2(N[C@@H](CC(C)C)[C@H]3C(=O)N(Cc4ccccc4)C(=O)[C@H]32)c2ccccc21. The van der Waals surface area contributed by atoms with E-state index in [0.717, 1.165) is 16.8 Å². The lowest BCUT2D eigenvalue weighted by molar-refractivity contribution is -0.143. The van der Waals surface area contributed by atoms with Crippen molar-refractivity contribution in [3.63, 3.8) is 0 Å². The maximum Gasteiger partial charge on any atom is 0.253 e. The van der Waals surface area contributed by atoms with Crippen LogP contribution in [0.1, 0.15) is 31.4 Å². The number of imide groups is 1. The maximum atomic E-state index is 14.0. The number of hydrogen-bond acceptors (Lipinski definition) is 4. The van der Waals surface area contributed by atoms with Gasteiger partial charge < -0.3 is 4.90 Å². The first-order valence-electron chi connectivity index (χ1n) is 11.6. The minimum Gasteiger partial charge on any atom is -0.306 e. The average molecular weight is 444 g/mol. The van der Waals surface area contributed by atoms with Crippen molar-refractivity contribution in [1.29, 1.82) is 0 Å². The number of amides is 3. The molecule has 0 unspecified atom stereocenters. The number of likely N-dealkylation sites (tertiary alicyclic amines) is 1. The zero-order valence-electron chi connectivity index (χ0n) is 19.0. The number of para-hydroxylation sites is 1. The summed E-state index contributed by atoms with van der Waals surface area (Å²) in [5.74, 6) is -1.65. The summed E-state index contributed by atoms with van der Waals surface area (Å²) in [7, 11) is 0. The highest BCUT2D eigenvalue weighted by Gasteiger charge is 2.71. The Morgan fingerprint density at radius 1 is 1.00 bits per heavy atom. The number of nitrogens with one attached hydrogen (secondary N) is 1. The largest absolute Gasteiger partial charge is 0.306 e. The van der Waals surface area contributed by atoms with Crippen LogP contribution >= 0.6 is 0 Å². The molecule has 6 nitrogen and oxygen atoms in total. The molecule has 1 N–H and O–H groups in total. The average Bonchev–Trinajstić information content (AvgIpc) is 3.35. The van der Waals surface area contributed by atoms with Crippen molar-refractivity contribution in [3.05, 3.63) is 78.4 Å². The fourth-order valence-corrected chi connectivity index (χ4v) is 5.95. The van der Waals surface area contributed by atoms with Crippen molar-refractivity contribution in [2.75, 3.05) is 11.4 Å². The van der Waals surface area contributed by atoms with Crippen LogP contribution in [0.3, 0.4) is 0 Å². The maximum absolute atomic E-state index is 14.0. The van der Waals surface area contributed by atoms with Crippen molar-refractivity contribution in [2.45, 2.75) is 38.4 Å². The summed E-state index contributed by atoms with van der Waals surface area (Å²) < 4.78 is 0. The Hall–Kier alpha value is -3.25. The van der Waals surface area contributed by atoms with Gasteiger partial charge in [-0.15, -0.1) is 6.58 Å². The number of fused-ring (bicyclic) bond motifs is 4. The molecule has 3 aliphatic heterocycles. The Balaban J connectivity index is 1.63. The minimum atomic E-state index is -1.23. The highest BCUT2D eigenvalue weighted by molar-refractivity contribution is 6.16. The van der Waals surface area contributed by atoms with Gasteiger partial charge in [-0.3, -0.25) is 24.6 Å². The number of carbonyl (C=O) groups excluding carboxylic acids is 3. The van der Waals surface area contributed by atoms with E-state index < -0.39 is 17.4 Å².